The van der Waals surface area contributed by atoms with Gasteiger partial charge in [-0.25, -0.2) is 14.5 Å². The highest BCUT2D eigenvalue weighted by molar-refractivity contribution is 5.85. The predicted molar refractivity (Wildman–Crippen MR) is 61.6 cm³/mol. The topological polar surface area (TPSA) is 105 Å². The van der Waals surface area contributed by atoms with Crippen LogP contribution in [0, 0.1) is 0 Å². The molecule has 0 spiro atoms. The van der Waals surface area contributed by atoms with Crippen molar-refractivity contribution in [2.24, 2.45) is 0 Å². The first-order chi connectivity index (χ1) is 8.56. The summed E-state index contributed by atoms with van der Waals surface area (Å²) in [7, 11) is 0. The van der Waals surface area contributed by atoms with Crippen LogP contribution >= 0.6 is 0 Å². The van der Waals surface area contributed by atoms with E-state index in [2.05, 4.69) is 10.1 Å². The Balaban J connectivity index is 2.37. The van der Waals surface area contributed by atoms with Gasteiger partial charge in [0.05, 0.1) is 6.54 Å². The fourth-order valence-electron chi connectivity index (χ4n) is 1.45. The van der Waals surface area contributed by atoms with Gasteiger partial charge in [-0.2, -0.15) is 0 Å². The Kier molecular flexibility index (Phi) is 3.05. The summed E-state index contributed by atoms with van der Waals surface area (Å²) >= 11 is 0. The minimum atomic E-state index is -1.15. The molecule has 7 heteroatoms. The Labute approximate surface area is 100 Å². The maximum absolute atomic E-state index is 11.5. The van der Waals surface area contributed by atoms with Gasteiger partial charge in [-0.15, -0.1) is 0 Å². The van der Waals surface area contributed by atoms with Crippen LogP contribution in [0.15, 0.2) is 40.1 Å². The zero-order chi connectivity index (χ0) is 13.1. The van der Waals surface area contributed by atoms with Crippen molar-refractivity contribution in [3.05, 3.63) is 62.4 Å². The van der Waals surface area contributed by atoms with Crippen LogP contribution in [0.25, 0.3) is 0 Å². The third-order valence-electron chi connectivity index (χ3n) is 2.27. The molecule has 0 aromatic carbocycles. The van der Waals surface area contributed by atoms with E-state index in [0.29, 0.717) is 5.56 Å². The van der Waals surface area contributed by atoms with Crippen LogP contribution in [0.1, 0.15) is 16.1 Å². The molecule has 0 unspecified atom stereocenters. The van der Waals surface area contributed by atoms with E-state index in [9.17, 15) is 14.4 Å². The van der Waals surface area contributed by atoms with Gasteiger partial charge in [0, 0.05) is 18.3 Å². The lowest BCUT2D eigenvalue weighted by Gasteiger charge is -2.05. The number of pyridine rings is 1. The second kappa shape index (κ2) is 4.66. The molecular formula is C11H9N3O4. The minimum Gasteiger partial charge on any atom is -0.477 e. The molecule has 0 aliphatic carbocycles. The van der Waals surface area contributed by atoms with Crippen LogP contribution in [0.5, 0.6) is 0 Å². The number of aromatic nitrogens is 3. The number of nitrogens with zero attached hydrogens (tertiary/aromatic N) is 2. The molecule has 2 aromatic rings. The summed E-state index contributed by atoms with van der Waals surface area (Å²) in [6, 6.07) is 5.20. The maximum Gasteiger partial charge on any atom is 0.354 e. The summed E-state index contributed by atoms with van der Waals surface area (Å²) in [6.45, 7) is 0.0811. The molecular weight excluding hydrogens is 238 g/mol. The number of nitrogens with one attached hydrogen (secondary N) is 1. The van der Waals surface area contributed by atoms with Crippen LogP contribution in [0.4, 0.5) is 0 Å². The number of H-pyrrole nitrogens is 1. The van der Waals surface area contributed by atoms with E-state index in [1.165, 1.54) is 12.3 Å². The fraction of sp³-hybridized carbons (Fsp3) is 0.0909. The number of carboxylic acid groups (broad SMARTS) is 1. The first kappa shape index (κ1) is 11.8. The van der Waals surface area contributed by atoms with Gasteiger partial charge in [-0.1, -0.05) is 0 Å². The van der Waals surface area contributed by atoms with Gasteiger partial charge in [0.1, 0.15) is 5.69 Å². The summed E-state index contributed by atoms with van der Waals surface area (Å²) < 4.78 is 1.10. The Morgan fingerprint density at radius 1 is 1.33 bits per heavy atom. The van der Waals surface area contributed by atoms with Gasteiger partial charge in [-0.3, -0.25) is 14.7 Å². The van der Waals surface area contributed by atoms with E-state index >= 15 is 0 Å². The van der Waals surface area contributed by atoms with Gasteiger partial charge in [-0.05, 0) is 17.7 Å². The molecule has 0 saturated heterocycles. The highest BCUT2D eigenvalue weighted by atomic mass is 16.4. The molecule has 2 aromatic heterocycles. The third-order valence-corrected chi connectivity index (χ3v) is 2.27. The van der Waals surface area contributed by atoms with Crippen LogP contribution < -0.4 is 11.1 Å². The van der Waals surface area contributed by atoms with E-state index < -0.39 is 11.5 Å². The zero-order valence-corrected chi connectivity index (χ0v) is 9.16. The summed E-state index contributed by atoms with van der Waals surface area (Å²) in [6.07, 6.45) is 1.34. The first-order valence-electron chi connectivity index (χ1n) is 5.04. The Bertz CT molecular complexity index is 702. The largest absolute Gasteiger partial charge is 0.477 e. The molecule has 0 saturated carbocycles. The predicted octanol–water partition coefficient (Wildman–Crippen LogP) is -0.322. The van der Waals surface area contributed by atoms with E-state index in [4.69, 9.17) is 5.11 Å². The Morgan fingerprint density at radius 2 is 2.11 bits per heavy atom. The molecule has 18 heavy (non-hydrogen) atoms. The molecule has 0 bridgehead atoms. The Morgan fingerprint density at radius 3 is 2.83 bits per heavy atom. The number of rotatable bonds is 3. The number of hydrogen-bond donors (Lipinski definition) is 2. The van der Waals surface area contributed by atoms with Crippen molar-refractivity contribution >= 4 is 5.97 Å². The molecule has 92 valence electrons. The van der Waals surface area contributed by atoms with Gasteiger partial charge in [0.2, 0.25) is 0 Å². The number of hydrogen-bond acceptors (Lipinski definition) is 4. The summed E-state index contributed by atoms with van der Waals surface area (Å²) in [5.41, 5.74) is -0.324. The van der Waals surface area contributed by atoms with E-state index in [0.717, 1.165) is 16.8 Å². The molecule has 0 atom stereocenters. The number of carbonyl (C=O) groups is 1. The van der Waals surface area contributed by atoms with Crippen molar-refractivity contribution in [2.75, 3.05) is 0 Å². The number of aromatic amines is 1. The molecule has 0 aliphatic heterocycles. The molecule has 0 aliphatic rings. The van der Waals surface area contributed by atoms with Crippen molar-refractivity contribution in [3.63, 3.8) is 0 Å². The second-order valence-corrected chi connectivity index (χ2v) is 3.59. The fourth-order valence-corrected chi connectivity index (χ4v) is 1.45. The summed E-state index contributed by atoms with van der Waals surface area (Å²) in [5.74, 6) is -1.15. The van der Waals surface area contributed by atoms with Crippen LogP contribution in [-0.2, 0) is 6.54 Å². The average molecular weight is 247 g/mol. The quantitative estimate of drug-likeness (QED) is 0.773. The Hall–Kier alpha value is -2.70. The third kappa shape index (κ3) is 2.51. The molecule has 7 nitrogen and oxygen atoms in total. The van der Waals surface area contributed by atoms with E-state index in [1.54, 1.807) is 6.07 Å². The van der Waals surface area contributed by atoms with Gasteiger partial charge in [0.25, 0.3) is 11.1 Å². The van der Waals surface area contributed by atoms with Crippen molar-refractivity contribution in [2.45, 2.75) is 6.54 Å². The highest BCUT2D eigenvalue weighted by Gasteiger charge is 2.06. The second-order valence-electron chi connectivity index (χ2n) is 3.59. The van der Waals surface area contributed by atoms with E-state index in [-0.39, 0.29) is 17.8 Å². The maximum atomic E-state index is 11.5. The van der Waals surface area contributed by atoms with Crippen LogP contribution in [0.2, 0.25) is 0 Å². The van der Waals surface area contributed by atoms with Crippen molar-refractivity contribution in [1.29, 1.82) is 0 Å². The molecule has 2 heterocycles. The van der Waals surface area contributed by atoms with Crippen molar-refractivity contribution in [3.8, 4) is 0 Å². The van der Waals surface area contributed by atoms with Crippen LogP contribution in [0.3, 0.4) is 0 Å². The van der Waals surface area contributed by atoms with Crippen molar-refractivity contribution < 1.29 is 9.90 Å². The molecule has 2 N–H and O–H groups in total. The lowest BCUT2D eigenvalue weighted by molar-refractivity contribution is 0.0690. The SMILES string of the molecule is O=C(O)c1cc(Cn2[nH]c(=O)ccc2=O)ccn1. The first-order valence-corrected chi connectivity index (χ1v) is 5.04. The molecule has 0 fully saturated rings. The summed E-state index contributed by atoms with van der Waals surface area (Å²) in [5, 5.41) is 11.1. The van der Waals surface area contributed by atoms with E-state index in [1.807, 2.05) is 0 Å². The normalized spacial score (nSPS) is 10.2. The summed E-state index contributed by atoms with van der Waals surface area (Å²) in [4.78, 5) is 36.9. The minimum absolute atomic E-state index is 0.0811. The standard InChI is InChI=1S/C11H9N3O4/c15-9-1-2-10(16)14(13-9)6-7-3-4-12-8(5-7)11(17)18/h1-5H,6H2,(H,13,15)(H,17,18). The van der Waals surface area contributed by atoms with Gasteiger partial charge in [0.15, 0.2) is 0 Å². The monoisotopic (exact) mass is 247 g/mol. The smallest absolute Gasteiger partial charge is 0.354 e. The zero-order valence-electron chi connectivity index (χ0n) is 9.16. The lowest BCUT2D eigenvalue weighted by Crippen LogP contribution is -2.28. The van der Waals surface area contributed by atoms with Crippen molar-refractivity contribution in [1.82, 2.24) is 14.8 Å². The number of aromatic carboxylic acids is 1. The molecule has 0 radical (unpaired) electrons. The van der Waals surface area contributed by atoms with Gasteiger partial charge < -0.3 is 5.11 Å². The average Bonchev–Trinajstić information content (AvgIpc) is 2.34. The van der Waals surface area contributed by atoms with Gasteiger partial charge >= 0.3 is 5.97 Å². The molecule has 0 amide bonds. The molecule has 2 rings (SSSR count). The number of carboxylic acids is 1. The van der Waals surface area contributed by atoms with Crippen LogP contribution in [-0.4, -0.2) is 25.8 Å². The highest BCUT2D eigenvalue weighted by Crippen LogP contribution is 2.02. The lowest BCUT2D eigenvalue weighted by atomic mass is 10.2.